The van der Waals surface area contributed by atoms with Crippen molar-refractivity contribution in [2.45, 2.75) is 76.8 Å². The van der Waals surface area contributed by atoms with Gasteiger partial charge in [0.15, 0.2) is 0 Å². The number of hydrogen-bond donors (Lipinski definition) is 0. The van der Waals surface area contributed by atoms with Crippen LogP contribution < -0.4 is 0 Å². The van der Waals surface area contributed by atoms with Gasteiger partial charge in [0.05, 0.1) is 6.10 Å². The zero-order chi connectivity index (χ0) is 14.6. The van der Waals surface area contributed by atoms with E-state index in [2.05, 4.69) is 13.5 Å². The molecule has 0 aromatic carbocycles. The molecule has 2 atom stereocenters. The maximum atomic E-state index is 6.66. The van der Waals surface area contributed by atoms with Crippen LogP contribution >= 0.6 is 0 Å². The first-order valence-electron chi connectivity index (χ1n) is 8.80. The summed E-state index contributed by atoms with van der Waals surface area (Å²) in [6.45, 7) is 8.27. The largest absolute Gasteiger partial charge is 0.340 e. The molecule has 0 amide bonds. The van der Waals surface area contributed by atoms with Crippen LogP contribution in [0.2, 0.25) is 0 Å². The highest BCUT2D eigenvalue weighted by atomic mass is 17.2. The minimum absolute atomic E-state index is 0.104. The first-order chi connectivity index (χ1) is 10.1. The second-order valence-corrected chi connectivity index (χ2v) is 7.92. The number of rotatable bonds is 3. The van der Waals surface area contributed by atoms with E-state index >= 15 is 0 Å². The van der Waals surface area contributed by atoms with E-state index < -0.39 is 5.79 Å². The Kier molecular flexibility index (Phi) is 3.44. The lowest BCUT2D eigenvalue weighted by Crippen LogP contribution is -2.65. The van der Waals surface area contributed by atoms with Crippen LogP contribution in [0.4, 0.5) is 0 Å². The normalized spacial score (nSPS) is 51.5. The first-order valence-corrected chi connectivity index (χ1v) is 8.80. The van der Waals surface area contributed by atoms with Crippen molar-refractivity contribution in [3.05, 3.63) is 12.2 Å². The van der Waals surface area contributed by atoms with Crippen molar-refractivity contribution < 1.29 is 14.5 Å². The second-order valence-electron chi connectivity index (χ2n) is 7.92. The van der Waals surface area contributed by atoms with Gasteiger partial charge in [0, 0.05) is 11.8 Å². The molecule has 1 spiro atoms. The standard InChI is InChI=1S/C18H28O3/c1-4-5-16-17(11(2)3)20-21-18(19-16)14-7-12-6-13(9-14)10-15(18)8-12/h12-17H,2,4-10H2,1,3H3/t12?,13?,14?,15?,16-,17-,18?/m0/s1. The molecule has 118 valence electrons. The summed E-state index contributed by atoms with van der Waals surface area (Å²) in [5.41, 5.74) is 1.01. The zero-order valence-electron chi connectivity index (χ0n) is 13.3. The lowest BCUT2D eigenvalue weighted by atomic mass is 9.53. The minimum atomic E-state index is -0.445. The maximum Gasteiger partial charge on any atom is 0.207 e. The van der Waals surface area contributed by atoms with Crippen LogP contribution in [-0.2, 0) is 14.5 Å². The van der Waals surface area contributed by atoms with Crippen molar-refractivity contribution in [2.75, 3.05) is 0 Å². The number of ether oxygens (including phenoxy) is 1. The Balaban J connectivity index is 1.59. The van der Waals surface area contributed by atoms with E-state index in [1.54, 1.807) is 0 Å². The highest BCUT2D eigenvalue weighted by Gasteiger charge is 2.63. The van der Waals surface area contributed by atoms with E-state index in [1.807, 2.05) is 6.92 Å². The van der Waals surface area contributed by atoms with Crippen molar-refractivity contribution in [2.24, 2.45) is 23.7 Å². The molecule has 4 bridgehead atoms. The average molecular weight is 292 g/mol. The van der Waals surface area contributed by atoms with Crippen LogP contribution in [0.5, 0.6) is 0 Å². The van der Waals surface area contributed by atoms with Gasteiger partial charge in [-0.05, 0) is 62.9 Å². The molecule has 0 N–H and O–H groups in total. The third-order valence-corrected chi connectivity index (χ3v) is 6.29. The molecule has 5 rings (SSSR count). The van der Waals surface area contributed by atoms with Gasteiger partial charge in [0.25, 0.3) is 0 Å². The van der Waals surface area contributed by atoms with Crippen LogP contribution in [0.3, 0.4) is 0 Å². The molecule has 0 aromatic heterocycles. The fraction of sp³-hybridized carbons (Fsp3) is 0.889. The van der Waals surface area contributed by atoms with Crippen LogP contribution in [0.25, 0.3) is 0 Å². The molecule has 0 radical (unpaired) electrons. The van der Waals surface area contributed by atoms with Gasteiger partial charge in [-0.2, -0.15) is 4.89 Å². The van der Waals surface area contributed by atoms with E-state index in [9.17, 15) is 0 Å². The monoisotopic (exact) mass is 292 g/mol. The first kappa shape index (κ1) is 14.2. The van der Waals surface area contributed by atoms with Gasteiger partial charge in [0.1, 0.15) is 6.10 Å². The van der Waals surface area contributed by atoms with Gasteiger partial charge < -0.3 is 4.74 Å². The van der Waals surface area contributed by atoms with Crippen molar-refractivity contribution >= 4 is 0 Å². The highest BCUT2D eigenvalue weighted by molar-refractivity contribution is 5.08. The summed E-state index contributed by atoms with van der Waals surface area (Å²) < 4.78 is 6.66. The van der Waals surface area contributed by atoms with Crippen LogP contribution in [0.15, 0.2) is 12.2 Å². The molecule has 5 aliphatic rings. The van der Waals surface area contributed by atoms with Crippen molar-refractivity contribution in [1.82, 2.24) is 0 Å². The number of hydrogen-bond acceptors (Lipinski definition) is 3. The zero-order valence-corrected chi connectivity index (χ0v) is 13.3. The third kappa shape index (κ3) is 2.12. The highest BCUT2D eigenvalue weighted by Crippen LogP contribution is 2.61. The Hall–Kier alpha value is -0.380. The summed E-state index contributed by atoms with van der Waals surface area (Å²) in [6.07, 6.45) is 8.66. The van der Waals surface area contributed by atoms with E-state index in [0.717, 1.165) is 30.3 Å². The third-order valence-electron chi connectivity index (χ3n) is 6.29. The molecule has 4 saturated carbocycles. The Morgan fingerprint density at radius 3 is 2.24 bits per heavy atom. The van der Waals surface area contributed by atoms with E-state index in [0.29, 0.717) is 11.8 Å². The SMILES string of the molecule is C=C(C)[C@@H]1OOC2(O[C@H]1CCC)C1CC3CC(C1)CC2C3. The Bertz CT molecular complexity index is 402. The summed E-state index contributed by atoms with van der Waals surface area (Å²) in [4.78, 5) is 11.9. The molecule has 3 nitrogen and oxygen atoms in total. The van der Waals surface area contributed by atoms with E-state index in [1.165, 1.54) is 32.1 Å². The molecule has 3 heteroatoms. The molecular formula is C18H28O3. The smallest absolute Gasteiger partial charge is 0.207 e. The predicted molar refractivity (Wildman–Crippen MR) is 80.3 cm³/mol. The van der Waals surface area contributed by atoms with Crippen molar-refractivity contribution in [3.63, 3.8) is 0 Å². The molecule has 4 aliphatic carbocycles. The van der Waals surface area contributed by atoms with Gasteiger partial charge in [-0.25, -0.2) is 4.89 Å². The molecule has 0 aromatic rings. The molecule has 0 unspecified atom stereocenters. The molecular weight excluding hydrogens is 264 g/mol. The summed E-state index contributed by atoms with van der Waals surface area (Å²) >= 11 is 0. The molecule has 1 heterocycles. The topological polar surface area (TPSA) is 27.7 Å². The van der Waals surface area contributed by atoms with Crippen LogP contribution in [-0.4, -0.2) is 18.0 Å². The predicted octanol–water partition coefficient (Wildman–Crippen LogP) is 4.23. The van der Waals surface area contributed by atoms with Gasteiger partial charge in [0.2, 0.25) is 5.79 Å². The summed E-state index contributed by atoms with van der Waals surface area (Å²) in [5.74, 6) is 2.46. The van der Waals surface area contributed by atoms with Crippen molar-refractivity contribution in [3.8, 4) is 0 Å². The molecule has 1 aliphatic heterocycles. The maximum absolute atomic E-state index is 6.66. The van der Waals surface area contributed by atoms with Crippen LogP contribution in [0, 0.1) is 23.7 Å². The molecule has 21 heavy (non-hydrogen) atoms. The Labute approximate surface area is 128 Å². The van der Waals surface area contributed by atoms with Crippen LogP contribution in [0.1, 0.15) is 58.8 Å². The second kappa shape index (κ2) is 5.07. The van der Waals surface area contributed by atoms with E-state index in [4.69, 9.17) is 14.5 Å². The lowest BCUT2D eigenvalue weighted by Gasteiger charge is -2.61. The lowest BCUT2D eigenvalue weighted by molar-refractivity contribution is -0.534. The average Bonchev–Trinajstić information content (AvgIpc) is 2.44. The minimum Gasteiger partial charge on any atom is -0.340 e. The molecule has 1 saturated heterocycles. The Morgan fingerprint density at radius 1 is 1.10 bits per heavy atom. The van der Waals surface area contributed by atoms with E-state index in [-0.39, 0.29) is 12.2 Å². The van der Waals surface area contributed by atoms with Crippen molar-refractivity contribution in [1.29, 1.82) is 0 Å². The fourth-order valence-electron chi connectivity index (χ4n) is 5.57. The van der Waals surface area contributed by atoms with Gasteiger partial charge in [-0.1, -0.05) is 19.9 Å². The van der Waals surface area contributed by atoms with Gasteiger partial charge >= 0.3 is 0 Å². The summed E-state index contributed by atoms with van der Waals surface area (Å²) in [6, 6.07) is 0. The summed E-state index contributed by atoms with van der Waals surface area (Å²) in [5, 5.41) is 0. The fourth-order valence-corrected chi connectivity index (χ4v) is 5.57. The summed E-state index contributed by atoms with van der Waals surface area (Å²) in [7, 11) is 0. The van der Waals surface area contributed by atoms with Gasteiger partial charge in [-0.3, -0.25) is 0 Å². The quantitative estimate of drug-likeness (QED) is 0.575. The van der Waals surface area contributed by atoms with Gasteiger partial charge in [-0.15, -0.1) is 0 Å². The Morgan fingerprint density at radius 2 is 1.71 bits per heavy atom. The molecule has 5 fully saturated rings.